The smallest absolute Gasteiger partial charge is 1.00 e. The van der Waals surface area contributed by atoms with E-state index in [1.807, 2.05) is 6.26 Å². The molecule has 1 atom stereocenters. The van der Waals surface area contributed by atoms with Gasteiger partial charge in [-0.2, -0.15) is 11.8 Å². The maximum absolute atomic E-state index is 10.1. The molecule has 0 aliphatic heterocycles. The molecule has 0 aliphatic carbocycles. The molecule has 11 heavy (non-hydrogen) atoms. The number of carboxylic acids is 1. The first-order valence-electron chi connectivity index (χ1n) is 2.65. The molecule has 0 bridgehead atoms. The predicted molar refractivity (Wildman–Crippen MR) is 40.8 cm³/mol. The van der Waals surface area contributed by atoms with E-state index in [-0.39, 0.29) is 106 Å². The van der Waals surface area contributed by atoms with Crippen LogP contribution in [-0.2, 0) is 4.79 Å². The standard InChI is InChI=1S/C5H11NO2S.2K.2H/c1-9-3-2-4(6)5(7)8;;;;/h4H,2-3,6H2,1H3,(H,7,8);;;;/q;2*+1;2*-1. The van der Waals surface area contributed by atoms with Gasteiger partial charge in [-0.05, 0) is 18.4 Å². The molecule has 3 nitrogen and oxygen atoms in total. The van der Waals surface area contributed by atoms with Crippen LogP contribution in [0.25, 0.3) is 0 Å². The van der Waals surface area contributed by atoms with Gasteiger partial charge in [0.2, 0.25) is 0 Å². The van der Waals surface area contributed by atoms with Crippen molar-refractivity contribution in [2.75, 3.05) is 12.0 Å². The minimum absolute atomic E-state index is 0. The molecule has 6 heteroatoms. The molecule has 0 aliphatic rings. The summed E-state index contributed by atoms with van der Waals surface area (Å²) in [7, 11) is 0. The fraction of sp³-hybridized carbons (Fsp3) is 0.800. The first-order valence-corrected chi connectivity index (χ1v) is 4.05. The summed E-state index contributed by atoms with van der Waals surface area (Å²) in [6, 6.07) is -0.683. The van der Waals surface area contributed by atoms with Crippen LogP contribution in [0.15, 0.2) is 0 Å². The van der Waals surface area contributed by atoms with Gasteiger partial charge in [0.25, 0.3) is 0 Å². The van der Waals surface area contributed by atoms with Crippen molar-refractivity contribution in [2.24, 2.45) is 5.73 Å². The Kier molecular flexibility index (Phi) is 23.3. The monoisotopic (exact) mass is 229 g/mol. The third-order valence-corrected chi connectivity index (χ3v) is 1.59. The first kappa shape index (κ1) is 19.6. The van der Waals surface area contributed by atoms with Crippen molar-refractivity contribution in [2.45, 2.75) is 12.5 Å². The topological polar surface area (TPSA) is 63.3 Å². The van der Waals surface area contributed by atoms with Crippen molar-refractivity contribution in [3.8, 4) is 0 Å². The van der Waals surface area contributed by atoms with Crippen LogP contribution < -0.4 is 109 Å². The number of carboxylic acid groups (broad SMARTS) is 1. The van der Waals surface area contributed by atoms with Gasteiger partial charge in [-0.3, -0.25) is 4.79 Å². The summed E-state index contributed by atoms with van der Waals surface area (Å²) in [6.07, 6.45) is 2.48. The van der Waals surface area contributed by atoms with E-state index in [1.165, 1.54) is 0 Å². The van der Waals surface area contributed by atoms with Crippen molar-refractivity contribution >= 4 is 17.7 Å². The van der Waals surface area contributed by atoms with Crippen LogP contribution in [-0.4, -0.2) is 29.1 Å². The zero-order valence-corrected chi connectivity index (χ0v) is 14.4. The normalized spacial score (nSPS) is 10.7. The third kappa shape index (κ3) is 13.1. The van der Waals surface area contributed by atoms with Crippen molar-refractivity contribution in [1.82, 2.24) is 0 Å². The van der Waals surface area contributed by atoms with Crippen LogP contribution in [0.4, 0.5) is 0 Å². The molecular formula is C5H13K2NO2S. The fourth-order valence-corrected chi connectivity index (χ4v) is 0.858. The van der Waals surface area contributed by atoms with Crippen LogP contribution in [0, 0.1) is 0 Å². The van der Waals surface area contributed by atoms with Gasteiger partial charge in [0.05, 0.1) is 0 Å². The Morgan fingerprint density at radius 3 is 2.45 bits per heavy atom. The van der Waals surface area contributed by atoms with Gasteiger partial charge in [-0.1, -0.05) is 0 Å². The zero-order chi connectivity index (χ0) is 7.28. The minimum atomic E-state index is -0.913. The Hall–Kier alpha value is 3.05. The number of hydrogen-bond acceptors (Lipinski definition) is 3. The predicted octanol–water partition coefficient (Wildman–Crippen LogP) is -5.62. The van der Waals surface area contributed by atoms with E-state index < -0.39 is 12.0 Å². The van der Waals surface area contributed by atoms with Crippen molar-refractivity contribution in [1.29, 1.82) is 0 Å². The molecule has 0 radical (unpaired) electrons. The van der Waals surface area contributed by atoms with Crippen molar-refractivity contribution < 1.29 is 116 Å². The average Bonchev–Trinajstić information content (AvgIpc) is 1.82. The molecule has 58 valence electrons. The summed E-state index contributed by atoms with van der Waals surface area (Å²) >= 11 is 1.60. The molecule has 0 saturated heterocycles. The van der Waals surface area contributed by atoms with Crippen LogP contribution in [0.2, 0.25) is 0 Å². The second kappa shape index (κ2) is 13.1. The average molecular weight is 229 g/mol. The van der Waals surface area contributed by atoms with Gasteiger partial charge in [0, 0.05) is 0 Å². The summed E-state index contributed by atoms with van der Waals surface area (Å²) < 4.78 is 0. The minimum Gasteiger partial charge on any atom is -1.00 e. The molecule has 0 heterocycles. The van der Waals surface area contributed by atoms with Gasteiger partial charge >= 0.3 is 109 Å². The summed E-state index contributed by atoms with van der Waals surface area (Å²) in [6.45, 7) is 0. The van der Waals surface area contributed by atoms with Gasteiger partial charge in [-0.15, -0.1) is 0 Å². The number of carbonyl (C=O) groups is 1. The molecule has 0 aromatic carbocycles. The molecule has 0 aromatic rings. The number of nitrogens with two attached hydrogens (primary N) is 1. The van der Waals surface area contributed by atoms with Crippen molar-refractivity contribution in [3.63, 3.8) is 0 Å². The molecule has 0 amide bonds. The van der Waals surface area contributed by atoms with Crippen LogP contribution in [0.5, 0.6) is 0 Å². The fourth-order valence-electron chi connectivity index (χ4n) is 0.368. The van der Waals surface area contributed by atoms with E-state index in [1.54, 1.807) is 11.8 Å². The summed E-state index contributed by atoms with van der Waals surface area (Å²) in [5.41, 5.74) is 5.19. The zero-order valence-electron chi connectivity index (χ0n) is 9.33. The molecule has 0 aromatic heterocycles. The van der Waals surface area contributed by atoms with Crippen LogP contribution in [0.3, 0.4) is 0 Å². The summed E-state index contributed by atoms with van der Waals surface area (Å²) in [5.74, 6) is -0.1000. The van der Waals surface area contributed by atoms with Crippen molar-refractivity contribution in [3.05, 3.63) is 0 Å². The maximum atomic E-state index is 10.1. The number of aliphatic carboxylic acids is 1. The van der Waals surface area contributed by atoms with Crippen LogP contribution in [0.1, 0.15) is 9.27 Å². The molecular weight excluding hydrogens is 216 g/mol. The Labute approximate surface area is 159 Å². The second-order valence-electron chi connectivity index (χ2n) is 1.73. The SMILES string of the molecule is CSCCC(N)C(=O)O.[H-].[H-].[K+].[K+]. The molecule has 0 rings (SSSR count). The van der Waals surface area contributed by atoms with E-state index in [0.717, 1.165) is 5.75 Å². The largest absolute Gasteiger partial charge is 1.00 e. The van der Waals surface area contributed by atoms with E-state index in [4.69, 9.17) is 10.8 Å². The first-order chi connectivity index (χ1) is 4.18. The Morgan fingerprint density at radius 2 is 2.18 bits per heavy atom. The number of thioether (sulfide) groups is 1. The molecule has 0 spiro atoms. The summed E-state index contributed by atoms with van der Waals surface area (Å²) in [5, 5.41) is 8.27. The van der Waals surface area contributed by atoms with Gasteiger partial charge < -0.3 is 13.7 Å². The molecule has 3 N–H and O–H groups in total. The van der Waals surface area contributed by atoms with Crippen LogP contribution >= 0.6 is 11.8 Å². The summed E-state index contributed by atoms with van der Waals surface area (Å²) in [4.78, 5) is 10.1. The van der Waals surface area contributed by atoms with Gasteiger partial charge in [0.15, 0.2) is 0 Å². The van der Waals surface area contributed by atoms with E-state index in [0.29, 0.717) is 6.42 Å². The van der Waals surface area contributed by atoms with Gasteiger partial charge in [-0.25, -0.2) is 0 Å². The quantitative estimate of drug-likeness (QED) is 0.472. The maximum Gasteiger partial charge on any atom is 1.00 e. The van der Waals surface area contributed by atoms with E-state index in [9.17, 15) is 4.79 Å². The third-order valence-electron chi connectivity index (χ3n) is 0.950. The van der Waals surface area contributed by atoms with Gasteiger partial charge in [0.1, 0.15) is 6.04 Å². The number of rotatable bonds is 4. The molecule has 0 saturated carbocycles. The Morgan fingerprint density at radius 1 is 1.73 bits per heavy atom. The number of hydrogen-bond donors (Lipinski definition) is 2. The molecule has 1 unspecified atom stereocenters. The Bertz CT molecular complexity index is 113. The molecule has 0 fully saturated rings. The Balaban J connectivity index is -0.0000000533. The second-order valence-corrected chi connectivity index (χ2v) is 2.71. The van der Waals surface area contributed by atoms with E-state index >= 15 is 0 Å². The van der Waals surface area contributed by atoms with E-state index in [2.05, 4.69) is 0 Å².